The normalized spacial score (nSPS) is 15.7. The molecule has 72 valence electrons. The molecule has 0 saturated carbocycles. The van der Waals surface area contributed by atoms with Crippen LogP contribution in [0.3, 0.4) is 0 Å². The lowest BCUT2D eigenvalue weighted by atomic mass is 9.93. The number of hydrogen-bond donors (Lipinski definition) is 0. The van der Waals surface area contributed by atoms with Crippen LogP contribution in [-0.2, 0) is 4.79 Å². The van der Waals surface area contributed by atoms with Crippen LogP contribution < -0.4 is 0 Å². The zero-order chi connectivity index (χ0) is 9.56. The van der Waals surface area contributed by atoms with E-state index in [0.717, 1.165) is 12.2 Å². The Kier molecular flexibility index (Phi) is 6.54. The summed E-state index contributed by atoms with van der Waals surface area (Å²) in [4.78, 5) is 11.4. The van der Waals surface area contributed by atoms with Gasteiger partial charge in [0.1, 0.15) is 0 Å². The maximum atomic E-state index is 11.4. The van der Waals surface area contributed by atoms with Crippen molar-refractivity contribution in [3.8, 4) is 0 Å². The molecule has 0 aromatic rings. The van der Waals surface area contributed by atoms with Crippen molar-refractivity contribution < 1.29 is 4.79 Å². The topological polar surface area (TPSA) is 17.1 Å². The molecule has 2 unspecified atom stereocenters. The van der Waals surface area contributed by atoms with Gasteiger partial charge in [-0.25, -0.2) is 0 Å². The maximum Gasteiger partial charge on any atom is 0.191 e. The molecule has 0 amide bonds. The Hall–Kier alpha value is 0.0200. The molecule has 0 aromatic heterocycles. The molecule has 0 aliphatic carbocycles. The van der Waals surface area contributed by atoms with Crippen LogP contribution in [0.5, 0.6) is 0 Å². The Morgan fingerprint density at radius 1 is 1.33 bits per heavy atom. The van der Waals surface area contributed by atoms with Crippen molar-refractivity contribution in [2.45, 2.75) is 40.5 Å². The first-order chi connectivity index (χ1) is 5.63. The molecule has 0 spiro atoms. The van der Waals surface area contributed by atoms with E-state index in [4.69, 9.17) is 0 Å². The first-order valence-corrected chi connectivity index (χ1v) is 5.78. The number of hydrogen-bond acceptors (Lipinski definition) is 2. The predicted octanol–water partition coefficient (Wildman–Crippen LogP) is 3.34. The second-order valence-corrected chi connectivity index (χ2v) is 4.58. The van der Waals surface area contributed by atoms with E-state index < -0.39 is 0 Å². The smallest absolute Gasteiger partial charge is 0.191 e. The van der Waals surface area contributed by atoms with E-state index in [1.54, 1.807) is 0 Å². The molecule has 0 aliphatic rings. The minimum absolute atomic E-state index is 0.231. The van der Waals surface area contributed by atoms with E-state index in [1.807, 2.05) is 13.8 Å². The first kappa shape index (κ1) is 12.0. The van der Waals surface area contributed by atoms with Gasteiger partial charge in [0.15, 0.2) is 5.12 Å². The first-order valence-electron chi connectivity index (χ1n) is 4.80. The Labute approximate surface area is 80.3 Å². The molecule has 2 heteroatoms. The molecule has 0 rings (SSSR count). The summed E-state index contributed by atoms with van der Waals surface area (Å²) in [6.45, 7) is 8.41. The zero-order valence-electron chi connectivity index (χ0n) is 8.59. The molecular weight excluding hydrogens is 168 g/mol. The van der Waals surface area contributed by atoms with E-state index >= 15 is 0 Å². The fraction of sp³-hybridized carbons (Fsp3) is 0.900. The fourth-order valence-corrected chi connectivity index (χ4v) is 1.99. The molecule has 0 aromatic carbocycles. The van der Waals surface area contributed by atoms with Crippen LogP contribution in [0.15, 0.2) is 0 Å². The summed E-state index contributed by atoms with van der Waals surface area (Å²) in [5.74, 6) is 1.68. The molecule has 0 fully saturated rings. The summed E-state index contributed by atoms with van der Waals surface area (Å²) in [6.07, 6.45) is 2.34. The van der Waals surface area contributed by atoms with Gasteiger partial charge >= 0.3 is 0 Å². The van der Waals surface area contributed by atoms with E-state index in [-0.39, 0.29) is 5.92 Å². The highest BCUT2D eigenvalue weighted by molar-refractivity contribution is 8.13. The van der Waals surface area contributed by atoms with Crippen LogP contribution in [-0.4, -0.2) is 10.9 Å². The lowest BCUT2D eigenvalue weighted by molar-refractivity contribution is -0.115. The molecule has 0 heterocycles. The van der Waals surface area contributed by atoms with Gasteiger partial charge in [-0.3, -0.25) is 4.79 Å². The molecule has 12 heavy (non-hydrogen) atoms. The van der Waals surface area contributed by atoms with Crippen molar-refractivity contribution in [2.24, 2.45) is 11.8 Å². The highest BCUT2D eigenvalue weighted by Gasteiger charge is 2.18. The number of carbonyl (C=O) groups excluding carboxylic acids is 1. The average molecular weight is 188 g/mol. The summed E-state index contributed by atoms with van der Waals surface area (Å²) in [7, 11) is 0. The van der Waals surface area contributed by atoms with Gasteiger partial charge in [0.25, 0.3) is 0 Å². The van der Waals surface area contributed by atoms with Gasteiger partial charge in [0, 0.05) is 5.92 Å². The standard InChI is InChI=1S/C10H20OS/c1-5-7-8(3)9(4)10(11)12-6-2/h8-9H,5-7H2,1-4H3. The second-order valence-electron chi connectivity index (χ2n) is 3.31. The maximum absolute atomic E-state index is 11.4. The Morgan fingerprint density at radius 2 is 1.92 bits per heavy atom. The van der Waals surface area contributed by atoms with Gasteiger partial charge in [-0.05, 0) is 11.7 Å². The third-order valence-corrected chi connectivity index (χ3v) is 3.20. The lowest BCUT2D eigenvalue weighted by Crippen LogP contribution is -2.16. The van der Waals surface area contributed by atoms with Crippen LogP contribution in [0.25, 0.3) is 0 Å². The Morgan fingerprint density at radius 3 is 2.33 bits per heavy atom. The van der Waals surface area contributed by atoms with Crippen molar-refractivity contribution in [1.29, 1.82) is 0 Å². The summed E-state index contributed by atoms with van der Waals surface area (Å²) >= 11 is 1.45. The highest BCUT2D eigenvalue weighted by atomic mass is 32.2. The van der Waals surface area contributed by atoms with E-state index in [0.29, 0.717) is 11.0 Å². The quantitative estimate of drug-likeness (QED) is 0.658. The molecule has 2 atom stereocenters. The van der Waals surface area contributed by atoms with Crippen LogP contribution >= 0.6 is 11.8 Å². The number of thioether (sulfide) groups is 1. The van der Waals surface area contributed by atoms with Crippen molar-refractivity contribution >= 4 is 16.9 Å². The van der Waals surface area contributed by atoms with Crippen molar-refractivity contribution in [1.82, 2.24) is 0 Å². The van der Waals surface area contributed by atoms with Crippen molar-refractivity contribution in [3.05, 3.63) is 0 Å². The van der Waals surface area contributed by atoms with Gasteiger partial charge in [-0.15, -0.1) is 0 Å². The van der Waals surface area contributed by atoms with Gasteiger partial charge in [-0.2, -0.15) is 0 Å². The Balaban J connectivity index is 3.82. The van der Waals surface area contributed by atoms with Crippen LogP contribution in [0, 0.1) is 11.8 Å². The molecular formula is C10H20OS. The summed E-state index contributed by atoms with van der Waals surface area (Å²) in [5.41, 5.74) is 0. The van der Waals surface area contributed by atoms with Crippen LogP contribution in [0.4, 0.5) is 0 Å². The average Bonchev–Trinajstić information content (AvgIpc) is 2.04. The van der Waals surface area contributed by atoms with Gasteiger partial charge in [0.2, 0.25) is 0 Å². The Bertz CT molecular complexity index is 134. The van der Waals surface area contributed by atoms with Gasteiger partial charge < -0.3 is 0 Å². The largest absolute Gasteiger partial charge is 0.287 e. The second kappa shape index (κ2) is 6.53. The van der Waals surface area contributed by atoms with Crippen molar-refractivity contribution in [2.75, 3.05) is 5.75 Å². The minimum atomic E-state index is 0.231. The summed E-state index contributed by atoms with van der Waals surface area (Å²) < 4.78 is 0. The molecule has 0 N–H and O–H groups in total. The predicted molar refractivity (Wildman–Crippen MR) is 56.4 cm³/mol. The molecule has 0 bridgehead atoms. The van der Waals surface area contributed by atoms with Gasteiger partial charge in [-0.1, -0.05) is 52.3 Å². The van der Waals surface area contributed by atoms with E-state index in [2.05, 4.69) is 13.8 Å². The number of rotatable bonds is 5. The highest BCUT2D eigenvalue weighted by Crippen LogP contribution is 2.22. The third-order valence-electron chi connectivity index (χ3n) is 2.26. The van der Waals surface area contributed by atoms with Gasteiger partial charge in [0.05, 0.1) is 0 Å². The SMILES string of the molecule is CCCC(C)C(C)C(=O)SCC. The van der Waals surface area contributed by atoms with E-state index in [1.165, 1.54) is 18.2 Å². The molecule has 0 aliphatic heterocycles. The van der Waals surface area contributed by atoms with Crippen LogP contribution in [0.2, 0.25) is 0 Å². The fourth-order valence-electron chi connectivity index (χ4n) is 1.21. The third kappa shape index (κ3) is 4.15. The molecule has 0 radical (unpaired) electrons. The van der Waals surface area contributed by atoms with E-state index in [9.17, 15) is 4.79 Å². The van der Waals surface area contributed by atoms with Crippen LogP contribution in [0.1, 0.15) is 40.5 Å². The van der Waals surface area contributed by atoms with Crippen molar-refractivity contribution in [3.63, 3.8) is 0 Å². The molecule has 1 nitrogen and oxygen atoms in total. The summed E-state index contributed by atoms with van der Waals surface area (Å²) in [5, 5.41) is 0.360. The lowest BCUT2D eigenvalue weighted by Gasteiger charge is -2.16. The zero-order valence-corrected chi connectivity index (χ0v) is 9.41. The molecule has 0 saturated heterocycles. The summed E-state index contributed by atoms with van der Waals surface area (Å²) in [6, 6.07) is 0. The monoisotopic (exact) mass is 188 g/mol. The minimum Gasteiger partial charge on any atom is -0.287 e. The number of carbonyl (C=O) groups is 1.